The van der Waals surface area contributed by atoms with Crippen molar-refractivity contribution in [3.05, 3.63) is 96.1 Å². The second-order valence-corrected chi connectivity index (χ2v) is 6.05. The Bertz CT molecular complexity index is 1230. The molecule has 154 valence electrons. The Hall–Kier alpha value is -4.21. The molecule has 0 aliphatic carbocycles. The third-order valence-corrected chi connectivity index (χ3v) is 4.10. The quantitative estimate of drug-likeness (QED) is 0.453. The van der Waals surface area contributed by atoms with Gasteiger partial charge in [0.15, 0.2) is 11.5 Å². The Labute approximate surface area is 168 Å². The molecule has 3 aromatic rings. The summed E-state index contributed by atoms with van der Waals surface area (Å²) in [5.41, 5.74) is -2.11. The van der Waals surface area contributed by atoms with Crippen LogP contribution in [-0.2, 0) is 6.61 Å². The first kappa shape index (κ1) is 20.5. The molecule has 0 aliphatic heterocycles. The van der Waals surface area contributed by atoms with E-state index in [1.165, 1.54) is 25.3 Å². The zero-order chi connectivity index (χ0) is 21.7. The minimum absolute atomic E-state index is 0.0386. The molecule has 0 fully saturated rings. The van der Waals surface area contributed by atoms with Crippen LogP contribution in [0.3, 0.4) is 0 Å². The number of hydrogen-bond donors (Lipinski definition) is 2. The maximum atomic E-state index is 13.8. The van der Waals surface area contributed by atoms with Crippen molar-refractivity contribution in [1.82, 2.24) is 9.97 Å². The van der Waals surface area contributed by atoms with Crippen LogP contribution in [-0.4, -0.2) is 22.0 Å². The first-order valence-corrected chi connectivity index (χ1v) is 8.62. The fourth-order valence-electron chi connectivity index (χ4n) is 2.66. The van der Waals surface area contributed by atoms with Gasteiger partial charge in [0.05, 0.1) is 12.0 Å². The van der Waals surface area contributed by atoms with Crippen LogP contribution in [0, 0.1) is 15.9 Å². The van der Waals surface area contributed by atoms with Crippen molar-refractivity contribution >= 4 is 17.8 Å². The zero-order valence-electron chi connectivity index (χ0n) is 15.7. The summed E-state index contributed by atoms with van der Waals surface area (Å²) < 4.78 is 24.7. The molecule has 0 radical (unpaired) electrons. The summed E-state index contributed by atoms with van der Waals surface area (Å²) in [5.74, 6) is 0.314. The first-order valence-electron chi connectivity index (χ1n) is 8.62. The molecular formula is C20H16FN3O6. The highest BCUT2D eigenvalue weighted by Gasteiger charge is 2.18. The normalized spacial score (nSPS) is 10.9. The Morgan fingerprint density at radius 1 is 1.10 bits per heavy atom. The van der Waals surface area contributed by atoms with Crippen LogP contribution in [0.2, 0.25) is 0 Å². The summed E-state index contributed by atoms with van der Waals surface area (Å²) in [6.07, 6.45) is 2.68. The van der Waals surface area contributed by atoms with Crippen molar-refractivity contribution in [3.8, 4) is 11.5 Å². The Kier molecular flexibility index (Phi) is 6.06. The van der Waals surface area contributed by atoms with Gasteiger partial charge >= 0.3 is 16.9 Å². The van der Waals surface area contributed by atoms with E-state index in [1.807, 2.05) is 4.98 Å². The van der Waals surface area contributed by atoms with Gasteiger partial charge in [-0.1, -0.05) is 30.3 Å². The van der Waals surface area contributed by atoms with E-state index >= 15 is 0 Å². The number of aromatic amines is 2. The average Bonchev–Trinajstić information content (AvgIpc) is 2.71. The summed E-state index contributed by atoms with van der Waals surface area (Å²) in [6.45, 7) is -0.0386. The Morgan fingerprint density at radius 2 is 1.87 bits per heavy atom. The molecule has 9 nitrogen and oxygen atoms in total. The van der Waals surface area contributed by atoms with Gasteiger partial charge in [0, 0.05) is 5.56 Å². The van der Waals surface area contributed by atoms with E-state index in [0.717, 1.165) is 0 Å². The van der Waals surface area contributed by atoms with E-state index in [0.29, 0.717) is 22.6 Å². The van der Waals surface area contributed by atoms with Crippen molar-refractivity contribution < 1.29 is 18.8 Å². The van der Waals surface area contributed by atoms with Crippen LogP contribution >= 0.6 is 0 Å². The van der Waals surface area contributed by atoms with Crippen LogP contribution in [0.1, 0.15) is 16.8 Å². The van der Waals surface area contributed by atoms with Gasteiger partial charge in [0.1, 0.15) is 18.1 Å². The van der Waals surface area contributed by atoms with E-state index in [9.17, 15) is 24.1 Å². The summed E-state index contributed by atoms with van der Waals surface area (Å²) in [7, 11) is 1.45. The number of rotatable bonds is 7. The Morgan fingerprint density at radius 3 is 2.57 bits per heavy atom. The van der Waals surface area contributed by atoms with Crippen LogP contribution in [0.15, 0.2) is 52.1 Å². The van der Waals surface area contributed by atoms with Gasteiger partial charge < -0.3 is 14.5 Å². The minimum Gasteiger partial charge on any atom is -0.493 e. The molecule has 1 aromatic heterocycles. The summed E-state index contributed by atoms with van der Waals surface area (Å²) in [5, 5.41) is 11.1. The third-order valence-electron chi connectivity index (χ3n) is 4.10. The number of benzene rings is 2. The largest absolute Gasteiger partial charge is 0.493 e. The maximum absolute atomic E-state index is 13.8. The molecule has 1 heterocycles. The fourth-order valence-corrected chi connectivity index (χ4v) is 2.66. The van der Waals surface area contributed by atoms with Gasteiger partial charge in [-0.25, -0.2) is 9.18 Å². The number of nitro groups is 1. The molecule has 0 spiro atoms. The molecule has 2 N–H and O–H groups in total. The number of H-pyrrole nitrogens is 2. The molecular weight excluding hydrogens is 397 g/mol. The highest BCUT2D eigenvalue weighted by Crippen LogP contribution is 2.30. The molecule has 10 heteroatoms. The van der Waals surface area contributed by atoms with Gasteiger partial charge in [-0.2, -0.15) is 0 Å². The minimum atomic E-state index is -1.10. The van der Waals surface area contributed by atoms with Crippen LogP contribution < -0.4 is 20.7 Å². The molecule has 0 atom stereocenters. The van der Waals surface area contributed by atoms with E-state index in [1.54, 1.807) is 36.4 Å². The number of halogens is 1. The van der Waals surface area contributed by atoms with Gasteiger partial charge in [0.25, 0.3) is 0 Å². The van der Waals surface area contributed by atoms with Crippen molar-refractivity contribution in [1.29, 1.82) is 0 Å². The van der Waals surface area contributed by atoms with Crippen LogP contribution in [0.5, 0.6) is 11.5 Å². The summed E-state index contributed by atoms with van der Waals surface area (Å²) in [4.78, 5) is 37.4. The average molecular weight is 413 g/mol. The molecule has 2 aromatic carbocycles. The third kappa shape index (κ3) is 4.61. The van der Waals surface area contributed by atoms with Crippen molar-refractivity contribution in [2.75, 3.05) is 7.11 Å². The van der Waals surface area contributed by atoms with E-state index in [4.69, 9.17) is 9.47 Å². The Balaban J connectivity index is 1.90. The predicted octanol–water partition coefficient (Wildman–Crippen LogP) is 2.87. The zero-order valence-corrected chi connectivity index (χ0v) is 15.7. The lowest BCUT2D eigenvalue weighted by atomic mass is 10.1. The second kappa shape index (κ2) is 8.86. The highest BCUT2D eigenvalue weighted by molar-refractivity contribution is 5.72. The standard InChI is InChI=1S/C20H16FN3O6/c1-29-16-9-7-12(10-17(16)30-11-13-4-2-3-5-14(13)21)6-8-15-18(24(27)28)19(25)23-20(26)22-15/h2-10H,11H2,1H3,(H2,22,23,25,26). The SMILES string of the molecule is COc1ccc(C=Cc2[nH]c(=O)[nH]c(=O)c2[N+](=O)[O-])cc1OCc1ccccc1F. The molecule has 0 unspecified atom stereocenters. The van der Waals surface area contributed by atoms with Crippen molar-refractivity contribution in [2.45, 2.75) is 6.61 Å². The fraction of sp³-hybridized carbons (Fsp3) is 0.100. The lowest BCUT2D eigenvalue weighted by Gasteiger charge is -2.12. The second-order valence-electron chi connectivity index (χ2n) is 6.05. The summed E-state index contributed by atoms with van der Waals surface area (Å²) >= 11 is 0. The van der Waals surface area contributed by atoms with Crippen molar-refractivity contribution in [2.24, 2.45) is 0 Å². The van der Waals surface area contributed by atoms with Crippen molar-refractivity contribution in [3.63, 3.8) is 0 Å². The van der Waals surface area contributed by atoms with Gasteiger partial charge in [-0.3, -0.25) is 19.9 Å². The monoisotopic (exact) mass is 413 g/mol. The molecule has 0 saturated carbocycles. The smallest absolute Gasteiger partial charge is 0.357 e. The van der Waals surface area contributed by atoms with E-state index in [-0.39, 0.29) is 12.3 Å². The molecule has 0 aliphatic rings. The maximum Gasteiger partial charge on any atom is 0.357 e. The molecule has 0 amide bonds. The summed E-state index contributed by atoms with van der Waals surface area (Å²) in [6, 6.07) is 11.0. The number of hydrogen-bond acceptors (Lipinski definition) is 6. The molecule has 30 heavy (non-hydrogen) atoms. The first-order chi connectivity index (χ1) is 14.4. The number of ether oxygens (including phenoxy) is 2. The molecule has 3 rings (SSSR count). The lowest BCUT2D eigenvalue weighted by molar-refractivity contribution is -0.386. The topological polar surface area (TPSA) is 127 Å². The van der Waals surface area contributed by atoms with Gasteiger partial charge in [0.2, 0.25) is 0 Å². The van der Waals surface area contributed by atoms with E-state index in [2.05, 4.69) is 4.98 Å². The number of nitrogens with one attached hydrogen (secondary N) is 2. The van der Waals surface area contributed by atoms with E-state index < -0.39 is 27.7 Å². The van der Waals surface area contributed by atoms with Crippen LogP contribution in [0.4, 0.5) is 10.1 Å². The number of aromatic nitrogens is 2. The number of nitrogens with zero attached hydrogens (tertiary/aromatic N) is 1. The van der Waals surface area contributed by atoms with Gasteiger partial charge in [-0.05, 0) is 29.8 Å². The molecule has 0 saturated heterocycles. The highest BCUT2D eigenvalue weighted by atomic mass is 19.1. The number of methoxy groups -OCH3 is 1. The van der Waals surface area contributed by atoms with Crippen LogP contribution in [0.25, 0.3) is 12.2 Å². The molecule has 0 bridgehead atoms. The lowest BCUT2D eigenvalue weighted by Crippen LogP contribution is -2.25. The van der Waals surface area contributed by atoms with Gasteiger partial charge in [-0.15, -0.1) is 0 Å². The predicted molar refractivity (Wildman–Crippen MR) is 107 cm³/mol.